The molecule has 0 aliphatic carbocycles. The van der Waals surface area contributed by atoms with Gasteiger partial charge in [0.25, 0.3) is 5.89 Å². The number of aliphatic hydroxyl groups is 1. The zero-order valence-electron chi connectivity index (χ0n) is 9.30. The minimum atomic E-state index is -0.673. The second-order valence-electron chi connectivity index (χ2n) is 3.62. The van der Waals surface area contributed by atoms with Gasteiger partial charge in [0.15, 0.2) is 0 Å². The average molecular weight is 298 g/mol. The van der Waals surface area contributed by atoms with Crippen molar-refractivity contribution in [3.63, 3.8) is 0 Å². The van der Waals surface area contributed by atoms with E-state index in [9.17, 15) is 5.11 Å². The quantitative estimate of drug-likeness (QED) is 0.939. The van der Waals surface area contributed by atoms with Crippen LogP contribution < -0.4 is 0 Å². The smallest absolute Gasteiger partial charge is 0.276 e. The molecule has 90 valence electrons. The van der Waals surface area contributed by atoms with Crippen LogP contribution in [0.1, 0.15) is 31.7 Å². The Morgan fingerprint density at radius 2 is 2.29 bits per heavy atom. The van der Waals surface area contributed by atoms with E-state index in [1.807, 2.05) is 13.0 Å². The van der Waals surface area contributed by atoms with E-state index in [1.54, 1.807) is 12.3 Å². The maximum Gasteiger partial charge on any atom is 0.276 e. The molecule has 0 aliphatic heterocycles. The van der Waals surface area contributed by atoms with Gasteiger partial charge < -0.3 is 9.63 Å². The molecule has 0 bridgehead atoms. The summed E-state index contributed by atoms with van der Waals surface area (Å²) in [5, 5.41) is 13.5. The number of rotatable bonds is 4. The fourth-order valence-electron chi connectivity index (χ4n) is 1.38. The Bertz CT molecular complexity index is 484. The fraction of sp³-hybridized carbons (Fsp3) is 0.364. The Hall–Kier alpha value is -1.27. The van der Waals surface area contributed by atoms with Crippen LogP contribution in [0.4, 0.5) is 0 Å². The van der Waals surface area contributed by atoms with Gasteiger partial charge in [-0.1, -0.05) is 18.5 Å². The van der Waals surface area contributed by atoms with Crippen molar-refractivity contribution in [1.82, 2.24) is 15.1 Å². The first-order valence-electron chi connectivity index (χ1n) is 5.34. The minimum Gasteiger partial charge on any atom is -0.385 e. The summed E-state index contributed by atoms with van der Waals surface area (Å²) in [6.45, 7) is 1.99. The number of hydrogen-bond donors (Lipinski definition) is 1. The molecule has 0 spiro atoms. The highest BCUT2D eigenvalue weighted by Crippen LogP contribution is 2.20. The summed E-state index contributed by atoms with van der Waals surface area (Å²) in [7, 11) is 0. The van der Waals surface area contributed by atoms with Crippen molar-refractivity contribution in [2.24, 2.45) is 0 Å². The Morgan fingerprint density at radius 1 is 1.47 bits per heavy atom. The first-order chi connectivity index (χ1) is 8.20. The number of nitrogens with zero attached hydrogens (tertiary/aromatic N) is 3. The summed E-state index contributed by atoms with van der Waals surface area (Å²) in [4.78, 5) is 8.27. The van der Waals surface area contributed by atoms with Crippen LogP contribution in [0.2, 0.25) is 0 Å². The molecule has 0 aromatic carbocycles. The first-order valence-corrected chi connectivity index (χ1v) is 6.13. The topological polar surface area (TPSA) is 72.0 Å². The van der Waals surface area contributed by atoms with Gasteiger partial charge in [-0.25, -0.2) is 4.98 Å². The SMILES string of the molecule is CCCC(O)c1noc(-c2ccc(Br)cn2)n1. The molecule has 2 aromatic heterocycles. The molecule has 1 N–H and O–H groups in total. The van der Waals surface area contributed by atoms with E-state index in [0.29, 0.717) is 23.8 Å². The van der Waals surface area contributed by atoms with Gasteiger partial charge in [-0.05, 0) is 34.5 Å². The van der Waals surface area contributed by atoms with E-state index in [1.165, 1.54) is 0 Å². The van der Waals surface area contributed by atoms with Gasteiger partial charge in [-0.3, -0.25) is 0 Å². The van der Waals surface area contributed by atoms with Crippen molar-refractivity contribution in [3.8, 4) is 11.6 Å². The van der Waals surface area contributed by atoms with E-state index in [4.69, 9.17) is 4.52 Å². The van der Waals surface area contributed by atoms with Crippen LogP contribution in [0.25, 0.3) is 11.6 Å². The molecule has 2 rings (SSSR count). The lowest BCUT2D eigenvalue weighted by Crippen LogP contribution is -1.98. The Balaban J connectivity index is 2.20. The second kappa shape index (κ2) is 5.37. The van der Waals surface area contributed by atoms with E-state index >= 15 is 0 Å². The number of aliphatic hydroxyl groups excluding tert-OH is 1. The molecule has 1 atom stereocenters. The summed E-state index contributed by atoms with van der Waals surface area (Å²) >= 11 is 3.30. The molecule has 6 heteroatoms. The zero-order chi connectivity index (χ0) is 12.3. The van der Waals surface area contributed by atoms with Crippen molar-refractivity contribution < 1.29 is 9.63 Å². The largest absolute Gasteiger partial charge is 0.385 e. The third-order valence-electron chi connectivity index (χ3n) is 2.25. The van der Waals surface area contributed by atoms with Crippen LogP contribution in [0.5, 0.6) is 0 Å². The molecule has 0 fully saturated rings. The van der Waals surface area contributed by atoms with Gasteiger partial charge in [0.1, 0.15) is 11.8 Å². The van der Waals surface area contributed by atoms with Gasteiger partial charge in [0.05, 0.1) is 0 Å². The first kappa shape index (κ1) is 12.2. The summed E-state index contributed by atoms with van der Waals surface area (Å²) in [6, 6.07) is 3.61. The third kappa shape index (κ3) is 2.89. The molecule has 0 amide bonds. The van der Waals surface area contributed by atoms with Crippen LogP contribution in [-0.4, -0.2) is 20.2 Å². The summed E-state index contributed by atoms with van der Waals surface area (Å²) in [6.07, 6.45) is 2.46. The normalized spacial score (nSPS) is 12.6. The van der Waals surface area contributed by atoms with E-state index in [0.717, 1.165) is 10.9 Å². The van der Waals surface area contributed by atoms with E-state index < -0.39 is 6.10 Å². The van der Waals surface area contributed by atoms with Crippen LogP contribution in [0, 0.1) is 0 Å². The Kier molecular flexibility index (Phi) is 3.86. The summed E-state index contributed by atoms with van der Waals surface area (Å²) < 4.78 is 5.94. The molecule has 0 aliphatic rings. The molecular formula is C11H12BrN3O2. The van der Waals surface area contributed by atoms with E-state index in [2.05, 4.69) is 31.1 Å². The average Bonchev–Trinajstić information content (AvgIpc) is 2.80. The molecular weight excluding hydrogens is 286 g/mol. The lowest BCUT2D eigenvalue weighted by atomic mass is 10.2. The third-order valence-corrected chi connectivity index (χ3v) is 2.72. The minimum absolute atomic E-state index is 0.312. The predicted molar refractivity (Wildman–Crippen MR) is 65.1 cm³/mol. The van der Waals surface area contributed by atoms with Gasteiger partial charge in [-0.2, -0.15) is 4.98 Å². The van der Waals surface area contributed by atoms with Crippen LogP contribution >= 0.6 is 15.9 Å². The van der Waals surface area contributed by atoms with E-state index in [-0.39, 0.29) is 0 Å². The van der Waals surface area contributed by atoms with Crippen molar-refractivity contribution in [3.05, 3.63) is 28.6 Å². The molecule has 0 radical (unpaired) electrons. The number of aromatic nitrogens is 3. The predicted octanol–water partition coefficient (Wildman–Crippen LogP) is 2.73. The summed E-state index contributed by atoms with van der Waals surface area (Å²) in [5.74, 6) is 0.634. The lowest BCUT2D eigenvalue weighted by molar-refractivity contribution is 0.153. The highest BCUT2D eigenvalue weighted by molar-refractivity contribution is 9.10. The molecule has 1 unspecified atom stereocenters. The molecule has 2 aromatic rings. The molecule has 0 saturated heterocycles. The fourth-order valence-corrected chi connectivity index (χ4v) is 1.61. The van der Waals surface area contributed by atoms with Gasteiger partial charge >= 0.3 is 0 Å². The molecule has 0 saturated carbocycles. The van der Waals surface area contributed by atoms with Gasteiger partial charge in [0, 0.05) is 10.7 Å². The highest BCUT2D eigenvalue weighted by Gasteiger charge is 2.16. The maximum atomic E-state index is 9.71. The summed E-state index contributed by atoms with van der Waals surface area (Å²) in [5.41, 5.74) is 0.593. The standard InChI is InChI=1S/C11H12BrN3O2/c1-2-3-9(16)10-14-11(17-15-10)8-5-4-7(12)6-13-8/h4-6,9,16H,2-3H2,1H3. The lowest BCUT2D eigenvalue weighted by Gasteiger charge is -2.01. The van der Waals surface area contributed by atoms with Crippen LogP contribution in [0.3, 0.4) is 0 Å². The number of hydrogen-bond acceptors (Lipinski definition) is 5. The Labute approximate surface area is 107 Å². The number of halogens is 1. The van der Waals surface area contributed by atoms with Crippen LogP contribution in [0.15, 0.2) is 27.3 Å². The monoisotopic (exact) mass is 297 g/mol. The molecule has 2 heterocycles. The maximum absolute atomic E-state index is 9.71. The van der Waals surface area contributed by atoms with Crippen molar-refractivity contribution in [2.45, 2.75) is 25.9 Å². The highest BCUT2D eigenvalue weighted by atomic mass is 79.9. The van der Waals surface area contributed by atoms with Crippen LogP contribution in [-0.2, 0) is 0 Å². The second-order valence-corrected chi connectivity index (χ2v) is 4.54. The van der Waals surface area contributed by atoms with Gasteiger partial charge in [0.2, 0.25) is 5.82 Å². The number of pyridine rings is 1. The van der Waals surface area contributed by atoms with Gasteiger partial charge in [-0.15, -0.1) is 0 Å². The molecule has 17 heavy (non-hydrogen) atoms. The zero-order valence-corrected chi connectivity index (χ0v) is 10.9. The molecule has 5 nitrogen and oxygen atoms in total. The van der Waals surface area contributed by atoms with Crippen molar-refractivity contribution in [2.75, 3.05) is 0 Å². The van der Waals surface area contributed by atoms with Crippen molar-refractivity contribution >= 4 is 15.9 Å². The Morgan fingerprint density at radius 3 is 2.94 bits per heavy atom. The van der Waals surface area contributed by atoms with Crippen molar-refractivity contribution in [1.29, 1.82) is 0 Å².